The van der Waals surface area contributed by atoms with Gasteiger partial charge >= 0.3 is 6.20 Å². The minimum Gasteiger partial charge on any atom is -0.505 e. The van der Waals surface area contributed by atoms with Gasteiger partial charge in [0.15, 0.2) is 10.7 Å². The van der Waals surface area contributed by atoms with Gasteiger partial charge in [-0.25, -0.2) is 0 Å². The monoisotopic (exact) mass is 375 g/mol. The van der Waals surface area contributed by atoms with E-state index in [1.807, 2.05) is 0 Å². The second-order valence-electron chi connectivity index (χ2n) is 11.2. The van der Waals surface area contributed by atoms with E-state index < -0.39 is 0 Å². The Kier molecular flexibility index (Phi) is 5.65. The molecule has 1 N–H and O–H groups in total. The standard InChI is InChI=1S/C23H38N2O2/c1-21(2,3)27-19-8-11-23(5)17(12-19)7-6-16-13-22(4,10-9-20(16)23)14-18(26)15-25-24/h15-17,19-20H,6-14H2,1-5H3/p+1/b18-15-/t16?,17-,19+,20?,22-,23-/m0/s1. The minimum absolute atomic E-state index is 0.0430. The number of aliphatic hydroxyl groups is 1. The number of aliphatic hydroxyl groups excluding tert-OH is 1. The predicted molar refractivity (Wildman–Crippen MR) is 109 cm³/mol. The first kappa shape index (κ1) is 20.6. The Bertz CT molecular complexity index is 617. The first-order chi connectivity index (χ1) is 12.5. The van der Waals surface area contributed by atoms with Crippen molar-refractivity contribution in [2.45, 2.75) is 104 Å². The summed E-state index contributed by atoms with van der Waals surface area (Å²) in [5, 5.41) is 18.7. The van der Waals surface area contributed by atoms with Crippen molar-refractivity contribution in [3.8, 4) is 0 Å². The molecule has 0 aromatic carbocycles. The summed E-state index contributed by atoms with van der Waals surface area (Å²) in [5.74, 6) is 2.58. The highest BCUT2D eigenvalue weighted by Gasteiger charge is 2.53. The Morgan fingerprint density at radius 1 is 1.19 bits per heavy atom. The summed E-state index contributed by atoms with van der Waals surface area (Å²) in [7, 11) is 0. The molecule has 4 nitrogen and oxygen atoms in total. The molecule has 3 fully saturated rings. The lowest BCUT2D eigenvalue weighted by atomic mass is 9.47. The molecule has 0 radical (unpaired) electrons. The van der Waals surface area contributed by atoms with Crippen molar-refractivity contribution in [1.82, 2.24) is 0 Å². The van der Waals surface area contributed by atoms with Gasteiger partial charge in [-0.15, -0.1) is 0 Å². The van der Waals surface area contributed by atoms with Gasteiger partial charge in [0.1, 0.15) is 0 Å². The lowest BCUT2D eigenvalue weighted by Gasteiger charge is -2.59. The highest BCUT2D eigenvalue weighted by molar-refractivity contribution is 5.06. The van der Waals surface area contributed by atoms with Gasteiger partial charge in [-0.2, -0.15) is 0 Å². The third-order valence-electron chi connectivity index (χ3n) is 7.94. The molecule has 3 saturated carbocycles. The molecule has 0 bridgehead atoms. The Balaban J connectivity index is 1.67. The molecule has 6 atom stereocenters. The molecule has 4 heteroatoms. The van der Waals surface area contributed by atoms with Gasteiger partial charge in [0.2, 0.25) is 5.39 Å². The number of hydrogen-bond acceptors (Lipinski definition) is 3. The van der Waals surface area contributed by atoms with Crippen LogP contribution in [0.15, 0.2) is 12.0 Å². The van der Waals surface area contributed by atoms with Crippen LogP contribution >= 0.6 is 0 Å². The quantitative estimate of drug-likeness (QED) is 0.434. The normalized spacial score (nSPS) is 42.7. The topological polar surface area (TPSA) is 57.6 Å². The summed E-state index contributed by atoms with van der Waals surface area (Å²) in [6, 6.07) is 0. The number of allylic oxidation sites excluding steroid dienone is 1. The van der Waals surface area contributed by atoms with Crippen LogP contribution in [-0.4, -0.2) is 16.8 Å². The molecule has 0 heterocycles. The van der Waals surface area contributed by atoms with Crippen molar-refractivity contribution in [2.24, 2.45) is 28.6 Å². The Morgan fingerprint density at radius 3 is 2.59 bits per heavy atom. The summed E-state index contributed by atoms with van der Waals surface area (Å²) >= 11 is 0. The second-order valence-corrected chi connectivity index (χ2v) is 11.2. The molecule has 27 heavy (non-hydrogen) atoms. The molecule has 0 amide bonds. The molecule has 0 spiro atoms. The van der Waals surface area contributed by atoms with Gasteiger partial charge < -0.3 is 9.84 Å². The largest absolute Gasteiger partial charge is 0.505 e. The summed E-state index contributed by atoms with van der Waals surface area (Å²) in [5.41, 5.74) is 0.543. The first-order valence-electron chi connectivity index (χ1n) is 10.9. The van der Waals surface area contributed by atoms with Crippen molar-refractivity contribution in [3.63, 3.8) is 0 Å². The average molecular weight is 376 g/mol. The number of nitrogens with zero attached hydrogens (tertiary/aromatic N) is 2. The summed E-state index contributed by atoms with van der Waals surface area (Å²) in [6.07, 6.45) is 12.2. The summed E-state index contributed by atoms with van der Waals surface area (Å²) in [4.78, 5) is 2.99. The van der Waals surface area contributed by atoms with Gasteiger partial charge in [-0.3, -0.25) is 0 Å². The van der Waals surface area contributed by atoms with Crippen LogP contribution in [0.25, 0.3) is 4.98 Å². The lowest BCUT2D eigenvalue weighted by molar-refractivity contribution is -0.141. The van der Waals surface area contributed by atoms with E-state index >= 15 is 0 Å². The molecular formula is C23H39N2O2+. The van der Waals surface area contributed by atoms with E-state index in [2.05, 4.69) is 39.6 Å². The molecule has 152 valence electrons. The van der Waals surface area contributed by atoms with E-state index in [0.29, 0.717) is 17.9 Å². The van der Waals surface area contributed by atoms with Gasteiger partial charge in [0.05, 0.1) is 11.7 Å². The van der Waals surface area contributed by atoms with E-state index in [1.54, 1.807) is 0 Å². The highest BCUT2D eigenvalue weighted by atomic mass is 16.5. The zero-order valence-electron chi connectivity index (χ0n) is 18.0. The van der Waals surface area contributed by atoms with Crippen molar-refractivity contribution in [1.29, 1.82) is 5.39 Å². The lowest BCUT2D eigenvalue weighted by Crippen LogP contribution is -2.51. The van der Waals surface area contributed by atoms with Crippen LogP contribution in [0, 0.1) is 34.0 Å². The van der Waals surface area contributed by atoms with Crippen LogP contribution in [0.2, 0.25) is 0 Å². The fraction of sp³-hybridized carbons (Fsp3) is 0.913. The fourth-order valence-corrected chi connectivity index (χ4v) is 6.84. The maximum atomic E-state index is 10.0. The zero-order chi connectivity index (χ0) is 19.9. The summed E-state index contributed by atoms with van der Waals surface area (Å²) in [6.45, 7) is 11.4. The van der Waals surface area contributed by atoms with Crippen LogP contribution in [0.3, 0.4) is 0 Å². The smallest absolute Gasteiger partial charge is 0.387 e. The number of ether oxygens (including phenoxy) is 1. The molecule has 0 aromatic heterocycles. The number of fused-ring (bicyclic) bond motifs is 3. The molecule has 3 aliphatic carbocycles. The molecule has 2 unspecified atom stereocenters. The number of diazo groups is 1. The van der Waals surface area contributed by atoms with E-state index in [1.165, 1.54) is 51.1 Å². The van der Waals surface area contributed by atoms with E-state index in [-0.39, 0.29) is 16.8 Å². The van der Waals surface area contributed by atoms with Crippen LogP contribution < -0.4 is 0 Å². The Hall–Kier alpha value is -1.08. The Morgan fingerprint density at radius 2 is 1.93 bits per heavy atom. The van der Waals surface area contributed by atoms with Gasteiger partial charge in [0, 0.05) is 6.42 Å². The Labute approximate surface area is 165 Å². The second kappa shape index (κ2) is 7.39. The number of rotatable bonds is 3. The maximum Gasteiger partial charge on any atom is 0.387 e. The summed E-state index contributed by atoms with van der Waals surface area (Å²) < 4.78 is 6.35. The van der Waals surface area contributed by atoms with Crippen molar-refractivity contribution in [2.75, 3.05) is 0 Å². The van der Waals surface area contributed by atoms with Gasteiger partial charge in [0.25, 0.3) is 0 Å². The van der Waals surface area contributed by atoms with Crippen LogP contribution in [0.4, 0.5) is 0 Å². The minimum atomic E-state index is -0.0430. The molecule has 0 saturated heterocycles. The average Bonchev–Trinajstić information content (AvgIpc) is 2.53. The third kappa shape index (κ3) is 4.50. The third-order valence-corrected chi connectivity index (χ3v) is 7.94. The highest BCUT2D eigenvalue weighted by Crippen LogP contribution is 2.62. The predicted octanol–water partition coefficient (Wildman–Crippen LogP) is 6.84. The molecule has 3 aliphatic rings. The zero-order valence-corrected chi connectivity index (χ0v) is 18.0. The van der Waals surface area contributed by atoms with Crippen molar-refractivity contribution in [3.05, 3.63) is 16.9 Å². The number of hydrogen-bond donors (Lipinski definition) is 1. The van der Waals surface area contributed by atoms with Crippen LogP contribution in [0.1, 0.15) is 92.4 Å². The van der Waals surface area contributed by atoms with Crippen molar-refractivity contribution < 1.29 is 9.84 Å². The van der Waals surface area contributed by atoms with Crippen molar-refractivity contribution >= 4 is 0 Å². The van der Waals surface area contributed by atoms with Crippen LogP contribution in [0.5, 0.6) is 0 Å². The van der Waals surface area contributed by atoms with Gasteiger partial charge in [-0.05, 0) is 101 Å². The molecular weight excluding hydrogens is 336 g/mol. The molecule has 3 rings (SSSR count). The first-order valence-corrected chi connectivity index (χ1v) is 10.9. The van der Waals surface area contributed by atoms with Gasteiger partial charge in [-0.1, -0.05) is 13.8 Å². The van der Waals surface area contributed by atoms with E-state index in [0.717, 1.165) is 24.2 Å². The van der Waals surface area contributed by atoms with Crippen LogP contribution in [-0.2, 0) is 4.74 Å². The SMILES string of the molecule is CC(C)(C)O[C@@H]1CC[C@]2(C)C3CC[C@](C)(C/C(O)=C/[N+]#N)CC3CC[C@H]2C1. The molecule has 0 aromatic rings. The van der Waals surface area contributed by atoms with E-state index in [9.17, 15) is 5.11 Å². The maximum absolute atomic E-state index is 10.0. The molecule has 0 aliphatic heterocycles. The van der Waals surface area contributed by atoms with E-state index in [4.69, 9.17) is 10.1 Å². The fourth-order valence-electron chi connectivity index (χ4n) is 6.84.